The maximum Gasteiger partial charge on any atom is 0.228 e. The fourth-order valence-corrected chi connectivity index (χ4v) is 1.10. The Morgan fingerprint density at radius 1 is 1.38 bits per heavy atom. The number of rotatable bonds is 0. The molecule has 0 spiro atoms. The van der Waals surface area contributed by atoms with Gasteiger partial charge >= 0.3 is 0 Å². The Morgan fingerprint density at radius 3 is 2.85 bits per heavy atom. The number of fused-ring (bicyclic) bond motifs is 1. The molecule has 0 aliphatic carbocycles. The summed E-state index contributed by atoms with van der Waals surface area (Å²) in [6, 6.07) is -0.260. The van der Waals surface area contributed by atoms with E-state index in [1.165, 1.54) is 6.34 Å². The second-order valence-corrected chi connectivity index (χ2v) is 3.00. The predicted octanol–water partition coefficient (Wildman–Crippen LogP) is -0.916. The first-order chi connectivity index (χ1) is 6.18. The van der Waals surface area contributed by atoms with E-state index in [1.807, 2.05) is 14.1 Å². The second-order valence-electron chi connectivity index (χ2n) is 3.00. The van der Waals surface area contributed by atoms with Crippen LogP contribution in [0.15, 0.2) is 20.0 Å². The highest BCUT2D eigenvalue weighted by Gasteiger charge is 2.27. The van der Waals surface area contributed by atoms with E-state index in [0.717, 1.165) is 0 Å². The summed E-state index contributed by atoms with van der Waals surface area (Å²) in [6.45, 7) is 0. The molecule has 0 aromatic rings. The third-order valence-corrected chi connectivity index (χ3v) is 1.77. The van der Waals surface area contributed by atoms with E-state index < -0.39 is 0 Å². The van der Waals surface area contributed by atoms with E-state index in [9.17, 15) is 0 Å². The molecule has 0 bridgehead atoms. The summed E-state index contributed by atoms with van der Waals surface area (Å²) in [4.78, 5) is 18.1. The van der Waals surface area contributed by atoms with E-state index >= 15 is 0 Å². The third kappa shape index (κ3) is 1.20. The van der Waals surface area contributed by atoms with Gasteiger partial charge in [-0.05, 0) is 0 Å². The maximum absolute atomic E-state index is 5.70. The zero-order valence-corrected chi connectivity index (χ0v) is 7.47. The van der Waals surface area contributed by atoms with E-state index in [2.05, 4.69) is 20.0 Å². The Kier molecular flexibility index (Phi) is 1.61. The molecule has 2 aliphatic heterocycles. The van der Waals surface area contributed by atoms with Crippen LogP contribution in [-0.4, -0.2) is 49.0 Å². The first-order valence-corrected chi connectivity index (χ1v) is 3.88. The van der Waals surface area contributed by atoms with Crippen molar-refractivity contribution in [1.82, 2.24) is 4.90 Å². The van der Waals surface area contributed by atoms with Gasteiger partial charge in [-0.1, -0.05) is 0 Å². The van der Waals surface area contributed by atoms with Crippen molar-refractivity contribution in [2.75, 3.05) is 14.1 Å². The number of amidine groups is 2. The van der Waals surface area contributed by atoms with E-state index in [1.54, 1.807) is 4.90 Å². The Balaban J connectivity index is 2.37. The van der Waals surface area contributed by atoms with Crippen LogP contribution in [0.25, 0.3) is 0 Å². The first kappa shape index (κ1) is 7.90. The number of nitrogens with two attached hydrogens (primary N) is 1. The summed E-state index contributed by atoms with van der Waals surface area (Å²) in [5.41, 5.74) is 5.70. The second kappa shape index (κ2) is 2.65. The monoisotopic (exact) mass is 178 g/mol. The topological polar surface area (TPSA) is 78.7 Å². The zero-order chi connectivity index (χ0) is 9.42. The van der Waals surface area contributed by atoms with Crippen LogP contribution < -0.4 is 5.73 Å². The number of hydrogen-bond acceptors (Lipinski definition) is 6. The minimum absolute atomic E-state index is 0.260. The molecule has 2 rings (SSSR count). The SMILES string of the molecule is CN(C)C1=NC2=NC=NC2C(N)=N1. The van der Waals surface area contributed by atoms with Gasteiger partial charge in [0.1, 0.15) is 12.2 Å². The van der Waals surface area contributed by atoms with Crippen LogP contribution in [0.4, 0.5) is 0 Å². The fourth-order valence-electron chi connectivity index (χ4n) is 1.10. The van der Waals surface area contributed by atoms with Gasteiger partial charge in [0.2, 0.25) is 5.96 Å². The first-order valence-electron chi connectivity index (χ1n) is 3.88. The largest absolute Gasteiger partial charge is 0.385 e. The molecule has 0 fully saturated rings. The number of aliphatic imine (C=N–C) groups is 4. The summed E-state index contributed by atoms with van der Waals surface area (Å²) >= 11 is 0. The molecular weight excluding hydrogens is 168 g/mol. The van der Waals surface area contributed by atoms with Crippen molar-refractivity contribution in [3.05, 3.63) is 0 Å². The molecule has 0 radical (unpaired) electrons. The highest BCUT2D eigenvalue weighted by atomic mass is 15.3. The summed E-state index contributed by atoms with van der Waals surface area (Å²) in [5.74, 6) is 1.64. The van der Waals surface area contributed by atoms with Gasteiger partial charge in [0, 0.05) is 14.1 Å². The standard InChI is InChI=1S/C7H10N6/c1-13(2)7-11-5(8)4-6(12-7)10-3-9-4/h3-4H,1-2H3,(H2,8,9,10,11,12). The Hall–Kier alpha value is -1.72. The molecule has 1 unspecified atom stereocenters. The minimum atomic E-state index is -0.260. The Labute approximate surface area is 75.6 Å². The molecule has 0 amide bonds. The highest BCUT2D eigenvalue weighted by molar-refractivity contribution is 6.22. The number of hydrogen-bond donors (Lipinski definition) is 1. The van der Waals surface area contributed by atoms with Crippen LogP contribution in [0, 0.1) is 0 Å². The molecule has 0 saturated heterocycles. The molecule has 0 saturated carbocycles. The summed E-state index contributed by atoms with van der Waals surface area (Å²) in [7, 11) is 3.71. The maximum atomic E-state index is 5.70. The minimum Gasteiger partial charge on any atom is -0.385 e. The van der Waals surface area contributed by atoms with Gasteiger partial charge in [0.05, 0.1) is 0 Å². The van der Waals surface area contributed by atoms with Crippen LogP contribution >= 0.6 is 0 Å². The molecule has 13 heavy (non-hydrogen) atoms. The molecule has 0 aromatic heterocycles. The lowest BCUT2D eigenvalue weighted by Crippen LogP contribution is -2.39. The molecule has 6 heteroatoms. The van der Waals surface area contributed by atoms with Crippen LogP contribution in [0.2, 0.25) is 0 Å². The lowest BCUT2D eigenvalue weighted by Gasteiger charge is -2.18. The molecule has 1 atom stereocenters. The van der Waals surface area contributed by atoms with E-state index in [4.69, 9.17) is 5.73 Å². The van der Waals surface area contributed by atoms with Gasteiger partial charge in [-0.3, -0.25) is 4.99 Å². The van der Waals surface area contributed by atoms with Crippen molar-refractivity contribution in [1.29, 1.82) is 0 Å². The van der Waals surface area contributed by atoms with E-state index in [-0.39, 0.29) is 6.04 Å². The summed E-state index contributed by atoms with van der Waals surface area (Å²) in [5, 5.41) is 0. The quantitative estimate of drug-likeness (QED) is 0.521. The smallest absolute Gasteiger partial charge is 0.228 e. The van der Waals surface area contributed by atoms with Gasteiger partial charge < -0.3 is 10.6 Å². The summed E-state index contributed by atoms with van der Waals surface area (Å²) < 4.78 is 0. The van der Waals surface area contributed by atoms with Crippen LogP contribution in [-0.2, 0) is 0 Å². The predicted molar refractivity (Wildman–Crippen MR) is 52.5 cm³/mol. The van der Waals surface area contributed by atoms with Gasteiger partial charge in [0.15, 0.2) is 11.9 Å². The van der Waals surface area contributed by atoms with Crippen molar-refractivity contribution in [3.63, 3.8) is 0 Å². The normalized spacial score (nSPS) is 24.8. The molecule has 68 valence electrons. The summed E-state index contributed by atoms with van der Waals surface area (Å²) in [6.07, 6.45) is 1.46. The van der Waals surface area contributed by atoms with Crippen molar-refractivity contribution < 1.29 is 0 Å². The average Bonchev–Trinajstić information content (AvgIpc) is 2.51. The lowest BCUT2D eigenvalue weighted by atomic mass is 10.2. The third-order valence-electron chi connectivity index (χ3n) is 1.77. The highest BCUT2D eigenvalue weighted by Crippen LogP contribution is 2.09. The lowest BCUT2D eigenvalue weighted by molar-refractivity contribution is 0.614. The molecule has 2 heterocycles. The van der Waals surface area contributed by atoms with Gasteiger partial charge in [-0.15, -0.1) is 0 Å². The Morgan fingerprint density at radius 2 is 2.15 bits per heavy atom. The molecule has 2 aliphatic rings. The van der Waals surface area contributed by atoms with E-state index in [0.29, 0.717) is 17.6 Å². The number of nitrogens with zero attached hydrogens (tertiary/aromatic N) is 5. The van der Waals surface area contributed by atoms with Gasteiger partial charge in [0.25, 0.3) is 0 Å². The zero-order valence-electron chi connectivity index (χ0n) is 7.47. The van der Waals surface area contributed by atoms with Crippen molar-refractivity contribution in [3.8, 4) is 0 Å². The van der Waals surface area contributed by atoms with Crippen LogP contribution in [0.5, 0.6) is 0 Å². The van der Waals surface area contributed by atoms with Gasteiger partial charge in [-0.2, -0.15) is 9.98 Å². The average molecular weight is 178 g/mol. The molecule has 6 nitrogen and oxygen atoms in total. The Bertz CT molecular complexity index is 348. The van der Waals surface area contributed by atoms with Crippen molar-refractivity contribution >= 4 is 24.0 Å². The number of guanidine groups is 1. The molecular formula is C7H10N6. The van der Waals surface area contributed by atoms with Crippen LogP contribution in [0.1, 0.15) is 0 Å². The fraction of sp³-hybridized carbons (Fsp3) is 0.429. The van der Waals surface area contributed by atoms with Crippen molar-refractivity contribution in [2.45, 2.75) is 6.04 Å². The van der Waals surface area contributed by atoms with Gasteiger partial charge in [-0.25, -0.2) is 4.99 Å². The van der Waals surface area contributed by atoms with Crippen LogP contribution in [0.3, 0.4) is 0 Å². The molecule has 2 N–H and O–H groups in total. The molecule has 0 aromatic carbocycles. The van der Waals surface area contributed by atoms with Crippen molar-refractivity contribution in [2.24, 2.45) is 25.7 Å².